The van der Waals surface area contributed by atoms with E-state index in [0.29, 0.717) is 6.54 Å². The maximum absolute atomic E-state index is 10.6. The lowest BCUT2D eigenvalue weighted by molar-refractivity contribution is -0.132. The fourth-order valence-corrected chi connectivity index (χ4v) is 1.83. The molecule has 0 aromatic rings. The minimum Gasteiger partial charge on any atom is -0.368 e. The molecule has 0 bridgehead atoms. The van der Waals surface area contributed by atoms with Crippen molar-refractivity contribution in [3.8, 4) is 0 Å². The second kappa shape index (κ2) is 4.58. The summed E-state index contributed by atoms with van der Waals surface area (Å²) in [6.45, 7) is 0.484. The predicted octanol–water partition coefficient (Wildman–Crippen LogP) is 0.150. The Bertz CT molecular complexity index is 176. The zero-order valence-corrected chi connectivity index (χ0v) is 7.92. The molecule has 0 radical (unpaired) electrons. The van der Waals surface area contributed by atoms with Crippen LogP contribution < -0.4 is 11.5 Å². The van der Waals surface area contributed by atoms with Crippen molar-refractivity contribution in [3.05, 3.63) is 0 Å². The molecule has 0 aromatic heterocycles. The SMILES string of the molecule is NCC1(OCC(N)=O)CCCCC1. The highest BCUT2D eigenvalue weighted by Crippen LogP contribution is 2.30. The third-order valence-corrected chi connectivity index (χ3v) is 2.66. The molecular formula is C9H18N2O2. The van der Waals surface area contributed by atoms with Gasteiger partial charge in [0.05, 0.1) is 5.60 Å². The summed E-state index contributed by atoms with van der Waals surface area (Å²) >= 11 is 0. The van der Waals surface area contributed by atoms with E-state index in [0.717, 1.165) is 25.7 Å². The molecule has 4 nitrogen and oxygen atoms in total. The van der Waals surface area contributed by atoms with Gasteiger partial charge in [0.2, 0.25) is 5.91 Å². The van der Waals surface area contributed by atoms with Gasteiger partial charge in [-0.1, -0.05) is 19.3 Å². The van der Waals surface area contributed by atoms with Crippen molar-refractivity contribution >= 4 is 5.91 Å². The van der Waals surface area contributed by atoms with Crippen LogP contribution >= 0.6 is 0 Å². The molecule has 0 atom stereocenters. The average molecular weight is 186 g/mol. The molecule has 0 aromatic carbocycles. The van der Waals surface area contributed by atoms with Crippen molar-refractivity contribution in [2.45, 2.75) is 37.7 Å². The van der Waals surface area contributed by atoms with Crippen LogP contribution in [0.2, 0.25) is 0 Å². The highest BCUT2D eigenvalue weighted by atomic mass is 16.5. The first kappa shape index (κ1) is 10.5. The zero-order chi connectivity index (χ0) is 9.73. The van der Waals surface area contributed by atoms with Gasteiger partial charge in [0.25, 0.3) is 0 Å². The summed E-state index contributed by atoms with van der Waals surface area (Å²) in [6, 6.07) is 0. The summed E-state index contributed by atoms with van der Waals surface area (Å²) in [6.07, 6.45) is 5.42. The van der Waals surface area contributed by atoms with E-state index in [1.54, 1.807) is 0 Å². The van der Waals surface area contributed by atoms with E-state index >= 15 is 0 Å². The van der Waals surface area contributed by atoms with Crippen LogP contribution in [0.1, 0.15) is 32.1 Å². The molecule has 1 aliphatic rings. The van der Waals surface area contributed by atoms with Gasteiger partial charge in [0.1, 0.15) is 6.61 Å². The Morgan fingerprint density at radius 2 is 1.92 bits per heavy atom. The van der Waals surface area contributed by atoms with Crippen LogP contribution in [0, 0.1) is 0 Å². The maximum Gasteiger partial charge on any atom is 0.243 e. The largest absolute Gasteiger partial charge is 0.368 e. The smallest absolute Gasteiger partial charge is 0.243 e. The highest BCUT2D eigenvalue weighted by molar-refractivity contribution is 5.75. The Morgan fingerprint density at radius 1 is 1.31 bits per heavy atom. The summed E-state index contributed by atoms with van der Waals surface area (Å²) in [5.41, 5.74) is 10.4. The van der Waals surface area contributed by atoms with E-state index in [4.69, 9.17) is 16.2 Å². The molecule has 1 aliphatic carbocycles. The molecule has 0 saturated heterocycles. The molecule has 1 saturated carbocycles. The first-order valence-electron chi connectivity index (χ1n) is 4.81. The number of carbonyl (C=O) groups excluding carboxylic acids is 1. The number of ether oxygens (including phenoxy) is 1. The minimum atomic E-state index is -0.418. The van der Waals surface area contributed by atoms with Gasteiger partial charge in [-0.05, 0) is 12.8 Å². The van der Waals surface area contributed by atoms with Crippen LogP contribution in [0.4, 0.5) is 0 Å². The number of carbonyl (C=O) groups is 1. The second-order valence-corrected chi connectivity index (χ2v) is 3.70. The fourth-order valence-electron chi connectivity index (χ4n) is 1.83. The zero-order valence-electron chi connectivity index (χ0n) is 7.92. The molecular weight excluding hydrogens is 168 g/mol. The molecule has 4 N–H and O–H groups in total. The Morgan fingerprint density at radius 3 is 2.38 bits per heavy atom. The quantitative estimate of drug-likeness (QED) is 0.656. The van der Waals surface area contributed by atoms with Crippen LogP contribution in [0.5, 0.6) is 0 Å². The van der Waals surface area contributed by atoms with Crippen LogP contribution in [-0.4, -0.2) is 24.7 Å². The number of rotatable bonds is 4. The van der Waals surface area contributed by atoms with Crippen LogP contribution in [-0.2, 0) is 9.53 Å². The molecule has 1 rings (SSSR count). The van der Waals surface area contributed by atoms with E-state index in [1.807, 2.05) is 0 Å². The molecule has 0 aliphatic heterocycles. The summed E-state index contributed by atoms with van der Waals surface area (Å²) < 4.78 is 5.48. The summed E-state index contributed by atoms with van der Waals surface area (Å²) in [5.74, 6) is -0.418. The molecule has 13 heavy (non-hydrogen) atoms. The predicted molar refractivity (Wildman–Crippen MR) is 50.0 cm³/mol. The van der Waals surface area contributed by atoms with Gasteiger partial charge >= 0.3 is 0 Å². The first-order valence-corrected chi connectivity index (χ1v) is 4.81. The lowest BCUT2D eigenvalue weighted by Crippen LogP contribution is -2.44. The third-order valence-electron chi connectivity index (χ3n) is 2.66. The van der Waals surface area contributed by atoms with E-state index in [2.05, 4.69) is 0 Å². The van der Waals surface area contributed by atoms with Crippen LogP contribution in [0.25, 0.3) is 0 Å². The van der Waals surface area contributed by atoms with E-state index in [1.165, 1.54) is 6.42 Å². The number of nitrogens with two attached hydrogens (primary N) is 2. The first-order chi connectivity index (χ1) is 6.18. The number of amides is 1. The van der Waals surface area contributed by atoms with Crippen molar-refractivity contribution in [2.75, 3.05) is 13.2 Å². The van der Waals surface area contributed by atoms with Gasteiger partial charge in [-0.25, -0.2) is 0 Å². The van der Waals surface area contributed by atoms with E-state index < -0.39 is 5.91 Å². The number of hydrogen-bond acceptors (Lipinski definition) is 3. The molecule has 1 fully saturated rings. The van der Waals surface area contributed by atoms with Gasteiger partial charge < -0.3 is 16.2 Å². The van der Waals surface area contributed by atoms with Crippen molar-refractivity contribution in [2.24, 2.45) is 11.5 Å². The molecule has 1 amide bonds. The van der Waals surface area contributed by atoms with E-state index in [9.17, 15) is 4.79 Å². The standard InChI is InChI=1S/C9H18N2O2/c10-7-9(13-6-8(11)12)4-2-1-3-5-9/h1-7,10H2,(H2,11,12). The van der Waals surface area contributed by atoms with Crippen LogP contribution in [0.3, 0.4) is 0 Å². The molecule has 4 heteroatoms. The van der Waals surface area contributed by atoms with Crippen LogP contribution in [0.15, 0.2) is 0 Å². The molecule has 76 valence electrons. The van der Waals surface area contributed by atoms with E-state index in [-0.39, 0.29) is 12.2 Å². The summed E-state index contributed by atoms with van der Waals surface area (Å²) in [7, 11) is 0. The third kappa shape index (κ3) is 2.97. The maximum atomic E-state index is 10.6. The van der Waals surface area contributed by atoms with Gasteiger partial charge in [-0.2, -0.15) is 0 Å². The van der Waals surface area contributed by atoms with Gasteiger partial charge in [-0.15, -0.1) is 0 Å². The Kier molecular flexibility index (Phi) is 3.69. The Hall–Kier alpha value is -0.610. The average Bonchev–Trinajstić information content (AvgIpc) is 2.16. The lowest BCUT2D eigenvalue weighted by Gasteiger charge is -2.35. The molecule has 0 spiro atoms. The van der Waals surface area contributed by atoms with Crippen molar-refractivity contribution in [1.29, 1.82) is 0 Å². The highest BCUT2D eigenvalue weighted by Gasteiger charge is 2.31. The normalized spacial score (nSPS) is 21.3. The summed E-state index contributed by atoms with van der Waals surface area (Å²) in [5, 5.41) is 0. The van der Waals surface area contributed by atoms with Gasteiger partial charge in [0, 0.05) is 6.54 Å². The monoisotopic (exact) mass is 186 g/mol. The molecule has 0 heterocycles. The molecule has 0 unspecified atom stereocenters. The Balaban J connectivity index is 2.42. The Labute approximate surface area is 78.6 Å². The number of primary amides is 1. The van der Waals surface area contributed by atoms with Crippen molar-refractivity contribution in [1.82, 2.24) is 0 Å². The topological polar surface area (TPSA) is 78.3 Å². The van der Waals surface area contributed by atoms with Crippen molar-refractivity contribution in [3.63, 3.8) is 0 Å². The fraction of sp³-hybridized carbons (Fsp3) is 0.889. The summed E-state index contributed by atoms with van der Waals surface area (Å²) in [4.78, 5) is 10.6. The lowest BCUT2D eigenvalue weighted by atomic mass is 9.85. The minimum absolute atomic E-state index is 0.00278. The van der Waals surface area contributed by atoms with Crippen molar-refractivity contribution < 1.29 is 9.53 Å². The number of hydrogen-bond donors (Lipinski definition) is 2. The second-order valence-electron chi connectivity index (χ2n) is 3.70. The van der Waals surface area contributed by atoms with Gasteiger partial charge in [-0.3, -0.25) is 4.79 Å². The van der Waals surface area contributed by atoms with Gasteiger partial charge in [0.15, 0.2) is 0 Å².